The highest BCUT2D eigenvalue weighted by Gasteiger charge is 2.47. The second-order valence-electron chi connectivity index (χ2n) is 8.19. The largest absolute Gasteiger partial charge is 0.478 e. The summed E-state index contributed by atoms with van der Waals surface area (Å²) in [6.07, 6.45) is 5.12. The molecule has 0 saturated carbocycles. The molecule has 2 unspecified atom stereocenters. The van der Waals surface area contributed by atoms with Gasteiger partial charge in [0.05, 0.1) is 34.3 Å². The number of aromatic nitrogens is 1. The van der Waals surface area contributed by atoms with Crippen LogP contribution in [0.5, 0.6) is 0 Å². The highest BCUT2D eigenvalue weighted by atomic mass is 79.9. The summed E-state index contributed by atoms with van der Waals surface area (Å²) < 4.78 is 0.791. The van der Waals surface area contributed by atoms with Crippen molar-refractivity contribution in [1.29, 1.82) is 0 Å². The number of hydrogen-bond donors (Lipinski definition) is 1. The van der Waals surface area contributed by atoms with Crippen molar-refractivity contribution in [3.63, 3.8) is 0 Å². The van der Waals surface area contributed by atoms with Gasteiger partial charge in [-0.2, -0.15) is 0 Å². The fourth-order valence-corrected chi connectivity index (χ4v) is 5.19. The van der Waals surface area contributed by atoms with Crippen LogP contribution < -0.4 is 4.90 Å². The molecule has 6 nitrogen and oxygen atoms in total. The van der Waals surface area contributed by atoms with E-state index in [1.165, 1.54) is 4.90 Å². The number of carbonyl (C=O) groups is 3. The molecule has 1 N–H and O–H groups in total. The molecule has 2 atom stereocenters. The molecule has 1 aliphatic carbocycles. The molecule has 5 rings (SSSR count). The Balaban J connectivity index is 1.54. The third-order valence-corrected chi connectivity index (χ3v) is 6.69. The number of hydrogen-bond acceptors (Lipinski definition) is 4. The van der Waals surface area contributed by atoms with Gasteiger partial charge in [0.15, 0.2) is 0 Å². The molecule has 2 heterocycles. The van der Waals surface area contributed by atoms with Crippen molar-refractivity contribution < 1.29 is 19.5 Å². The average Bonchev–Trinajstić information content (AvgIpc) is 3.03. The van der Waals surface area contributed by atoms with Crippen LogP contribution in [0.25, 0.3) is 22.2 Å². The number of fused-ring (bicyclic) bond motifs is 2. The summed E-state index contributed by atoms with van der Waals surface area (Å²) in [4.78, 5) is 43.6. The first kappa shape index (κ1) is 20.6. The van der Waals surface area contributed by atoms with E-state index in [1.54, 1.807) is 36.4 Å². The van der Waals surface area contributed by atoms with Crippen LogP contribution in [0.2, 0.25) is 0 Å². The quantitative estimate of drug-likeness (QED) is 0.406. The Hall–Kier alpha value is -3.32. The van der Waals surface area contributed by atoms with E-state index in [4.69, 9.17) is 4.98 Å². The topological polar surface area (TPSA) is 87.6 Å². The molecule has 3 aromatic rings. The number of amides is 2. The third kappa shape index (κ3) is 3.24. The van der Waals surface area contributed by atoms with Crippen molar-refractivity contribution in [2.75, 3.05) is 4.90 Å². The summed E-state index contributed by atoms with van der Waals surface area (Å²) in [5, 5.41) is 10.3. The number of carbonyl (C=O) groups excluding carboxylic acids is 2. The minimum atomic E-state index is -1.03. The molecule has 160 valence electrons. The van der Waals surface area contributed by atoms with Gasteiger partial charge in [0, 0.05) is 15.4 Å². The number of pyridine rings is 1. The van der Waals surface area contributed by atoms with Crippen LogP contribution in [0, 0.1) is 18.8 Å². The normalized spacial score (nSPS) is 20.1. The van der Waals surface area contributed by atoms with Crippen molar-refractivity contribution in [2.45, 2.75) is 19.8 Å². The van der Waals surface area contributed by atoms with Gasteiger partial charge in [-0.1, -0.05) is 40.2 Å². The summed E-state index contributed by atoms with van der Waals surface area (Å²) in [6.45, 7) is 1.89. The summed E-state index contributed by atoms with van der Waals surface area (Å²) in [7, 11) is 0. The van der Waals surface area contributed by atoms with Gasteiger partial charge in [-0.25, -0.2) is 9.78 Å². The van der Waals surface area contributed by atoms with Gasteiger partial charge in [0.2, 0.25) is 11.8 Å². The van der Waals surface area contributed by atoms with Gasteiger partial charge < -0.3 is 5.11 Å². The van der Waals surface area contributed by atoms with Gasteiger partial charge in [-0.15, -0.1) is 0 Å². The number of aryl methyl sites for hydroxylation is 1. The van der Waals surface area contributed by atoms with Gasteiger partial charge in [0.1, 0.15) is 0 Å². The van der Waals surface area contributed by atoms with Crippen LogP contribution in [-0.2, 0) is 9.59 Å². The minimum absolute atomic E-state index is 0.157. The van der Waals surface area contributed by atoms with Gasteiger partial charge in [-0.3, -0.25) is 14.5 Å². The molecular formula is C25H19BrN2O4. The maximum absolute atomic E-state index is 12.8. The van der Waals surface area contributed by atoms with E-state index in [0.29, 0.717) is 40.7 Å². The van der Waals surface area contributed by atoms with E-state index in [9.17, 15) is 19.5 Å². The summed E-state index contributed by atoms with van der Waals surface area (Å²) >= 11 is 3.42. The molecule has 2 aromatic carbocycles. The number of aromatic carboxylic acids is 1. The number of halogens is 1. The predicted molar refractivity (Wildman–Crippen MR) is 124 cm³/mol. The Morgan fingerprint density at radius 2 is 1.66 bits per heavy atom. The zero-order valence-corrected chi connectivity index (χ0v) is 18.8. The Morgan fingerprint density at radius 1 is 1.03 bits per heavy atom. The summed E-state index contributed by atoms with van der Waals surface area (Å²) in [5.74, 6) is -1.91. The zero-order chi connectivity index (χ0) is 22.6. The fourth-order valence-electron chi connectivity index (χ4n) is 4.62. The number of imide groups is 1. The van der Waals surface area contributed by atoms with Crippen LogP contribution in [0.3, 0.4) is 0 Å². The number of carboxylic acids is 1. The first-order chi connectivity index (χ1) is 15.3. The van der Waals surface area contributed by atoms with E-state index < -0.39 is 5.97 Å². The Kier molecular flexibility index (Phi) is 4.93. The van der Waals surface area contributed by atoms with Crippen molar-refractivity contribution in [3.05, 3.63) is 70.2 Å². The molecule has 1 aromatic heterocycles. The van der Waals surface area contributed by atoms with E-state index in [-0.39, 0.29) is 29.2 Å². The number of rotatable bonds is 3. The van der Waals surface area contributed by atoms with Crippen molar-refractivity contribution in [1.82, 2.24) is 4.98 Å². The maximum Gasteiger partial charge on any atom is 0.336 e. The molecule has 0 spiro atoms. The van der Waals surface area contributed by atoms with Gasteiger partial charge in [0.25, 0.3) is 0 Å². The van der Waals surface area contributed by atoms with Crippen LogP contribution in [0.1, 0.15) is 28.8 Å². The Bertz CT molecular complexity index is 1300. The smallest absolute Gasteiger partial charge is 0.336 e. The SMILES string of the molecule is Cc1cc(Br)cc2c(C(=O)O)cc(-c3ccc(N4C(=O)C5CC=CCC5C4=O)cc3)nc12. The first-order valence-electron chi connectivity index (χ1n) is 10.3. The highest BCUT2D eigenvalue weighted by molar-refractivity contribution is 9.10. The van der Waals surface area contributed by atoms with E-state index in [0.717, 1.165) is 10.0 Å². The van der Waals surface area contributed by atoms with Crippen molar-refractivity contribution >= 4 is 50.3 Å². The molecule has 1 aliphatic heterocycles. The summed E-state index contributed by atoms with van der Waals surface area (Å²) in [5.41, 5.74) is 3.40. The van der Waals surface area contributed by atoms with Crippen LogP contribution in [0.15, 0.2) is 59.1 Å². The molecule has 1 fully saturated rings. The zero-order valence-electron chi connectivity index (χ0n) is 17.2. The lowest BCUT2D eigenvalue weighted by Crippen LogP contribution is -2.30. The number of nitrogens with zero attached hydrogens (tertiary/aromatic N) is 2. The van der Waals surface area contributed by atoms with Crippen LogP contribution in [0.4, 0.5) is 5.69 Å². The second kappa shape index (κ2) is 7.67. The molecule has 0 radical (unpaired) electrons. The number of anilines is 1. The van der Waals surface area contributed by atoms with E-state index in [1.807, 2.05) is 25.1 Å². The standard InChI is InChI=1S/C25H19BrN2O4/c1-13-10-15(26)11-19-20(25(31)32)12-21(27-22(13)19)14-6-8-16(9-7-14)28-23(29)17-4-2-3-5-18(17)24(28)30/h2-3,6-12,17-18H,4-5H2,1H3,(H,31,32). The lowest BCUT2D eigenvalue weighted by molar-refractivity contribution is -0.122. The molecule has 2 amide bonds. The van der Waals surface area contributed by atoms with Crippen molar-refractivity contribution in [3.8, 4) is 11.3 Å². The minimum Gasteiger partial charge on any atom is -0.478 e. The monoisotopic (exact) mass is 490 g/mol. The molecule has 2 aliphatic rings. The number of benzene rings is 2. The van der Waals surface area contributed by atoms with Crippen LogP contribution >= 0.6 is 15.9 Å². The van der Waals surface area contributed by atoms with Crippen molar-refractivity contribution in [2.24, 2.45) is 11.8 Å². The lowest BCUT2D eigenvalue weighted by Gasteiger charge is -2.15. The van der Waals surface area contributed by atoms with Crippen LogP contribution in [-0.4, -0.2) is 27.9 Å². The van der Waals surface area contributed by atoms with E-state index >= 15 is 0 Å². The molecule has 1 saturated heterocycles. The second-order valence-corrected chi connectivity index (χ2v) is 9.11. The third-order valence-electron chi connectivity index (χ3n) is 6.23. The maximum atomic E-state index is 12.8. The lowest BCUT2D eigenvalue weighted by atomic mass is 9.85. The van der Waals surface area contributed by atoms with Gasteiger partial charge >= 0.3 is 5.97 Å². The van der Waals surface area contributed by atoms with E-state index in [2.05, 4.69) is 15.9 Å². The Labute approximate surface area is 192 Å². The average molecular weight is 491 g/mol. The highest BCUT2D eigenvalue weighted by Crippen LogP contribution is 2.38. The number of allylic oxidation sites excluding steroid dienone is 2. The molecular weight excluding hydrogens is 472 g/mol. The van der Waals surface area contributed by atoms with Gasteiger partial charge in [-0.05, 0) is 55.7 Å². The molecule has 32 heavy (non-hydrogen) atoms. The number of carboxylic acid groups (broad SMARTS) is 1. The Morgan fingerprint density at radius 3 is 2.25 bits per heavy atom. The summed E-state index contributed by atoms with van der Waals surface area (Å²) in [6, 6.07) is 12.2. The molecule has 0 bridgehead atoms. The molecule has 7 heteroatoms. The first-order valence-corrected chi connectivity index (χ1v) is 11.1. The predicted octanol–water partition coefficient (Wildman–Crippen LogP) is 5.13. The fraction of sp³-hybridized carbons (Fsp3) is 0.200.